The van der Waals surface area contributed by atoms with E-state index in [9.17, 15) is 19.2 Å². The fraction of sp³-hybridized carbons (Fsp3) is 0.489. The van der Waals surface area contributed by atoms with E-state index < -0.39 is 30.4 Å². The number of likely N-dealkylation sites (tertiary alicyclic amines) is 2. The van der Waals surface area contributed by atoms with Crippen LogP contribution in [-0.4, -0.2) is 101 Å². The third-order valence-corrected chi connectivity index (χ3v) is 12.3. The number of benzene rings is 2. The van der Waals surface area contributed by atoms with Gasteiger partial charge in [0, 0.05) is 31.6 Å². The van der Waals surface area contributed by atoms with E-state index in [0.29, 0.717) is 18.9 Å². The van der Waals surface area contributed by atoms with Gasteiger partial charge >= 0.3 is 12.2 Å². The van der Waals surface area contributed by atoms with Crippen LogP contribution in [0.15, 0.2) is 54.7 Å². The first kappa shape index (κ1) is 41.5. The number of fused-ring (bicyclic) bond motifs is 1. The molecule has 14 heteroatoms. The number of amides is 4. The lowest BCUT2D eigenvalue weighted by Crippen LogP contribution is -2.54. The topological polar surface area (TPSA) is 171 Å². The number of hydrogen-bond acceptors (Lipinski definition) is 8. The molecule has 14 nitrogen and oxygen atoms in total. The minimum absolute atomic E-state index is 0.0677. The Kier molecular flexibility index (Phi) is 12.7. The molecule has 314 valence electrons. The first-order valence-corrected chi connectivity index (χ1v) is 20.8. The van der Waals surface area contributed by atoms with Crippen molar-refractivity contribution in [3.05, 3.63) is 77.4 Å². The number of methoxy groups -OCH3 is 3. The molecule has 59 heavy (non-hydrogen) atoms. The Hall–Kier alpha value is -5.63. The van der Waals surface area contributed by atoms with Crippen LogP contribution in [0.4, 0.5) is 9.59 Å². The number of aromatic amines is 2. The van der Waals surface area contributed by atoms with E-state index in [-0.39, 0.29) is 29.8 Å². The molecule has 2 aliphatic heterocycles. The number of rotatable bonds is 12. The van der Waals surface area contributed by atoms with Crippen LogP contribution in [0.5, 0.6) is 0 Å². The van der Waals surface area contributed by atoms with Crippen LogP contribution < -0.4 is 10.6 Å². The molecular formula is C45H57N7O7. The third kappa shape index (κ3) is 8.59. The van der Waals surface area contributed by atoms with Gasteiger partial charge in [0.2, 0.25) is 11.8 Å². The second-order valence-corrected chi connectivity index (χ2v) is 16.2. The van der Waals surface area contributed by atoms with Gasteiger partial charge in [-0.25, -0.2) is 14.6 Å². The molecule has 0 unspecified atom stereocenters. The Bertz CT molecular complexity index is 2130. The molecule has 0 spiro atoms. The Morgan fingerprint density at radius 1 is 0.678 bits per heavy atom. The molecule has 3 aliphatic rings. The summed E-state index contributed by atoms with van der Waals surface area (Å²) in [6, 6.07) is 15.1. The molecule has 4 heterocycles. The fourth-order valence-corrected chi connectivity index (χ4v) is 9.02. The lowest BCUT2D eigenvalue weighted by molar-refractivity contribution is -0.137. The van der Waals surface area contributed by atoms with Crippen molar-refractivity contribution in [2.75, 3.05) is 34.4 Å². The highest BCUT2D eigenvalue weighted by Crippen LogP contribution is 2.42. The van der Waals surface area contributed by atoms with Crippen molar-refractivity contribution in [2.45, 2.75) is 102 Å². The molecule has 4 aromatic rings. The molecular weight excluding hydrogens is 751 g/mol. The van der Waals surface area contributed by atoms with Gasteiger partial charge in [0.1, 0.15) is 17.9 Å². The molecule has 0 saturated carbocycles. The van der Waals surface area contributed by atoms with Gasteiger partial charge in [-0.3, -0.25) is 9.59 Å². The highest BCUT2D eigenvalue weighted by Gasteiger charge is 2.40. The number of carbonyl (C=O) groups is 4. The van der Waals surface area contributed by atoms with Crippen LogP contribution in [0.1, 0.15) is 94.0 Å². The molecule has 0 radical (unpaired) electrons. The van der Waals surface area contributed by atoms with Gasteiger partial charge in [0.05, 0.1) is 44.3 Å². The minimum Gasteiger partial charge on any atom is -0.453 e. The van der Waals surface area contributed by atoms with E-state index in [0.717, 1.165) is 90.7 Å². The maximum atomic E-state index is 13.9. The fourth-order valence-electron chi connectivity index (χ4n) is 9.02. The maximum absolute atomic E-state index is 13.9. The molecule has 7 rings (SSSR count). The molecule has 4 amide bonds. The van der Waals surface area contributed by atoms with Crippen LogP contribution in [0.3, 0.4) is 0 Å². The Labute approximate surface area is 345 Å². The minimum atomic E-state index is -0.892. The Morgan fingerprint density at radius 2 is 1.20 bits per heavy atom. The van der Waals surface area contributed by atoms with Crippen molar-refractivity contribution in [1.29, 1.82) is 0 Å². The van der Waals surface area contributed by atoms with Crippen LogP contribution in [0.2, 0.25) is 0 Å². The van der Waals surface area contributed by atoms with Gasteiger partial charge in [0.25, 0.3) is 0 Å². The van der Waals surface area contributed by atoms with E-state index >= 15 is 0 Å². The van der Waals surface area contributed by atoms with Crippen LogP contribution in [0.25, 0.3) is 33.6 Å². The largest absolute Gasteiger partial charge is 0.453 e. The average Bonchev–Trinajstić information content (AvgIpc) is 4.10. The monoisotopic (exact) mass is 807 g/mol. The van der Waals surface area contributed by atoms with E-state index in [4.69, 9.17) is 19.2 Å². The molecule has 2 aromatic carbocycles. The average molecular weight is 808 g/mol. The van der Waals surface area contributed by atoms with Gasteiger partial charge in [-0.05, 0) is 97.6 Å². The van der Waals surface area contributed by atoms with Crippen LogP contribution in [0, 0.1) is 5.92 Å². The normalized spacial score (nSPS) is 19.2. The number of H-pyrrole nitrogens is 2. The van der Waals surface area contributed by atoms with E-state index in [1.54, 1.807) is 18.0 Å². The SMILES string of the molecule is COC(=O)N[C@H](C(=O)N1CCC[C@H]1c1[nH]c(-c2ccc(-c3ccc(-c4cnc([C@@H]5CCCN5C(=O)[C@@H](NC(=O)OC)[C@@H](C)OC)[nH]4)cc3)cc2)c2c1CCCC2)C(C)C. The zero-order valence-corrected chi connectivity index (χ0v) is 34.9. The summed E-state index contributed by atoms with van der Waals surface area (Å²) in [5.74, 6) is 0.307. The third-order valence-electron chi connectivity index (χ3n) is 12.3. The summed E-state index contributed by atoms with van der Waals surface area (Å²) in [6.45, 7) is 6.83. The quantitative estimate of drug-likeness (QED) is 0.118. The van der Waals surface area contributed by atoms with E-state index in [1.807, 2.05) is 18.7 Å². The van der Waals surface area contributed by atoms with Crippen molar-refractivity contribution in [1.82, 2.24) is 35.4 Å². The van der Waals surface area contributed by atoms with Crippen molar-refractivity contribution < 1.29 is 33.4 Å². The second kappa shape index (κ2) is 18.1. The summed E-state index contributed by atoms with van der Waals surface area (Å²) in [6.07, 6.45) is 7.54. The molecule has 2 saturated heterocycles. The number of nitrogens with zero attached hydrogens (tertiary/aromatic N) is 3. The van der Waals surface area contributed by atoms with E-state index in [1.165, 1.54) is 32.5 Å². The standard InChI is InChI=1S/C45H57N7O7/c1-26(2)37(49-44(55)58-5)42(53)51-23-9-13-35(51)40-33-12-8-7-11-32(33)39(48-40)31-21-17-29(18-22-31)28-15-19-30(20-16-28)34-25-46-41(47-34)36-14-10-24-52(36)43(54)38(27(3)57-4)50-45(56)59-6/h15-22,25-27,35-38,48H,7-14,23-24H2,1-6H3,(H,46,47)(H,49,55)(H,50,56)/t27-,35+,36+,37+,38+/m1/s1. The van der Waals surface area contributed by atoms with Crippen molar-refractivity contribution in [3.8, 4) is 33.6 Å². The summed E-state index contributed by atoms with van der Waals surface area (Å²) in [5, 5.41) is 5.41. The Morgan fingerprint density at radius 3 is 1.80 bits per heavy atom. The van der Waals surface area contributed by atoms with Crippen molar-refractivity contribution >= 4 is 24.0 Å². The number of alkyl carbamates (subject to hydrolysis) is 2. The molecule has 5 atom stereocenters. The summed E-state index contributed by atoms with van der Waals surface area (Å²) >= 11 is 0. The highest BCUT2D eigenvalue weighted by atomic mass is 16.5. The van der Waals surface area contributed by atoms with Crippen LogP contribution >= 0.6 is 0 Å². The zero-order chi connectivity index (χ0) is 41.8. The molecule has 1 aliphatic carbocycles. The number of carbonyl (C=O) groups excluding carboxylic acids is 4. The number of nitrogens with one attached hydrogen (secondary N) is 4. The second-order valence-electron chi connectivity index (χ2n) is 16.2. The zero-order valence-electron chi connectivity index (χ0n) is 34.9. The first-order chi connectivity index (χ1) is 28.5. The van der Waals surface area contributed by atoms with Crippen LogP contribution in [-0.2, 0) is 36.6 Å². The first-order valence-electron chi connectivity index (χ1n) is 20.8. The predicted octanol–water partition coefficient (Wildman–Crippen LogP) is 7.08. The van der Waals surface area contributed by atoms with Gasteiger partial charge in [-0.1, -0.05) is 62.4 Å². The lowest BCUT2D eigenvalue weighted by atomic mass is 9.88. The summed E-state index contributed by atoms with van der Waals surface area (Å²) in [5.41, 5.74) is 10.1. The maximum Gasteiger partial charge on any atom is 0.407 e. The van der Waals surface area contributed by atoms with Crippen molar-refractivity contribution in [2.24, 2.45) is 5.92 Å². The summed E-state index contributed by atoms with van der Waals surface area (Å²) in [7, 11) is 4.09. The molecule has 2 fully saturated rings. The number of ether oxygens (including phenoxy) is 3. The van der Waals surface area contributed by atoms with Gasteiger partial charge in [-0.2, -0.15) is 0 Å². The predicted molar refractivity (Wildman–Crippen MR) is 223 cm³/mol. The number of imidazole rings is 1. The van der Waals surface area contributed by atoms with Gasteiger partial charge < -0.3 is 44.6 Å². The number of hydrogen-bond donors (Lipinski definition) is 4. The molecule has 4 N–H and O–H groups in total. The van der Waals surface area contributed by atoms with E-state index in [2.05, 4.69) is 69.1 Å². The van der Waals surface area contributed by atoms with Crippen molar-refractivity contribution in [3.63, 3.8) is 0 Å². The number of aromatic nitrogens is 3. The highest BCUT2D eigenvalue weighted by molar-refractivity contribution is 5.87. The molecule has 0 bridgehead atoms. The summed E-state index contributed by atoms with van der Waals surface area (Å²) < 4.78 is 15.0. The van der Waals surface area contributed by atoms with Gasteiger partial charge in [0.15, 0.2) is 0 Å². The lowest BCUT2D eigenvalue weighted by Gasteiger charge is -2.31. The van der Waals surface area contributed by atoms with Gasteiger partial charge in [-0.15, -0.1) is 0 Å². The molecule has 2 aromatic heterocycles. The summed E-state index contributed by atoms with van der Waals surface area (Å²) in [4.78, 5) is 67.4. The smallest absolute Gasteiger partial charge is 0.407 e. The Balaban J connectivity index is 1.06.